The molecule has 23 heavy (non-hydrogen) atoms. The standard InChI is InChI=1S/C18H21FN2OS/c1-11-9-16(18(22)21-15-7-8-20-12(2)10-15)23-17(11)13-3-5-14(19)6-4-13/h3-6,9,12,15,20H,7-8,10H2,1-2H3,(H,21,22). The Labute approximate surface area is 139 Å². The van der Waals surface area contributed by atoms with Gasteiger partial charge in [-0.05, 0) is 62.6 Å². The average Bonchev–Trinajstić information content (AvgIpc) is 2.90. The van der Waals surface area contributed by atoms with Crippen molar-refractivity contribution in [3.8, 4) is 10.4 Å². The van der Waals surface area contributed by atoms with E-state index in [1.807, 2.05) is 13.0 Å². The number of benzene rings is 1. The maximum Gasteiger partial charge on any atom is 0.261 e. The van der Waals surface area contributed by atoms with Gasteiger partial charge in [0, 0.05) is 17.0 Å². The summed E-state index contributed by atoms with van der Waals surface area (Å²) in [5.41, 5.74) is 1.99. The van der Waals surface area contributed by atoms with E-state index in [0.717, 1.165) is 35.4 Å². The lowest BCUT2D eigenvalue weighted by Crippen LogP contribution is -2.46. The van der Waals surface area contributed by atoms with Gasteiger partial charge in [0.2, 0.25) is 0 Å². The second kappa shape index (κ2) is 6.81. The van der Waals surface area contributed by atoms with Gasteiger partial charge < -0.3 is 10.6 Å². The molecule has 3 rings (SSSR count). The molecular weight excluding hydrogens is 311 g/mol. The highest BCUT2D eigenvalue weighted by molar-refractivity contribution is 7.17. The number of piperidine rings is 1. The number of rotatable bonds is 3. The van der Waals surface area contributed by atoms with Gasteiger partial charge in [-0.2, -0.15) is 0 Å². The zero-order chi connectivity index (χ0) is 16.4. The number of hydrogen-bond donors (Lipinski definition) is 2. The fraction of sp³-hybridized carbons (Fsp3) is 0.389. The van der Waals surface area contributed by atoms with Gasteiger partial charge in [-0.15, -0.1) is 11.3 Å². The Morgan fingerprint density at radius 3 is 2.78 bits per heavy atom. The van der Waals surface area contributed by atoms with Gasteiger partial charge in [0.1, 0.15) is 5.82 Å². The third kappa shape index (κ3) is 3.79. The molecule has 1 saturated heterocycles. The minimum Gasteiger partial charge on any atom is -0.349 e. The molecule has 3 nitrogen and oxygen atoms in total. The van der Waals surface area contributed by atoms with E-state index in [1.165, 1.54) is 23.5 Å². The predicted octanol–water partition coefficient (Wildman–Crippen LogP) is 3.73. The first-order chi connectivity index (χ1) is 11.0. The first-order valence-electron chi connectivity index (χ1n) is 7.93. The van der Waals surface area contributed by atoms with Gasteiger partial charge in [0.25, 0.3) is 5.91 Å². The summed E-state index contributed by atoms with van der Waals surface area (Å²) >= 11 is 1.47. The third-order valence-electron chi connectivity index (χ3n) is 4.21. The van der Waals surface area contributed by atoms with E-state index in [2.05, 4.69) is 17.6 Å². The van der Waals surface area contributed by atoms with Crippen LogP contribution in [0.15, 0.2) is 30.3 Å². The number of aryl methyl sites for hydroxylation is 1. The van der Waals surface area contributed by atoms with E-state index in [-0.39, 0.29) is 17.8 Å². The average molecular weight is 332 g/mol. The van der Waals surface area contributed by atoms with Crippen LogP contribution >= 0.6 is 11.3 Å². The quantitative estimate of drug-likeness (QED) is 0.899. The zero-order valence-corrected chi connectivity index (χ0v) is 14.2. The van der Waals surface area contributed by atoms with Crippen molar-refractivity contribution < 1.29 is 9.18 Å². The van der Waals surface area contributed by atoms with Crippen molar-refractivity contribution in [3.05, 3.63) is 46.6 Å². The minimum absolute atomic E-state index is 0.00874. The molecule has 1 aromatic heterocycles. The van der Waals surface area contributed by atoms with Crippen LogP contribution < -0.4 is 10.6 Å². The molecule has 0 aliphatic carbocycles. The molecule has 0 bridgehead atoms. The highest BCUT2D eigenvalue weighted by Gasteiger charge is 2.22. The fourth-order valence-electron chi connectivity index (χ4n) is 3.00. The van der Waals surface area contributed by atoms with Crippen LogP contribution in [-0.2, 0) is 0 Å². The Morgan fingerprint density at radius 2 is 2.09 bits per heavy atom. The molecule has 2 N–H and O–H groups in total. The third-order valence-corrected chi connectivity index (χ3v) is 5.49. The molecular formula is C18H21FN2OS. The summed E-state index contributed by atoms with van der Waals surface area (Å²) in [5, 5.41) is 6.52. The summed E-state index contributed by atoms with van der Waals surface area (Å²) in [6.07, 6.45) is 1.92. The molecule has 1 aliphatic rings. The van der Waals surface area contributed by atoms with Gasteiger partial charge in [-0.25, -0.2) is 4.39 Å². The Hall–Kier alpha value is -1.72. The Kier molecular flexibility index (Phi) is 4.78. The van der Waals surface area contributed by atoms with E-state index >= 15 is 0 Å². The van der Waals surface area contributed by atoms with Crippen molar-refractivity contribution in [1.82, 2.24) is 10.6 Å². The zero-order valence-electron chi connectivity index (χ0n) is 13.4. The van der Waals surface area contributed by atoms with Gasteiger partial charge in [-0.3, -0.25) is 4.79 Å². The van der Waals surface area contributed by atoms with Crippen LogP contribution in [0.3, 0.4) is 0 Å². The van der Waals surface area contributed by atoms with E-state index < -0.39 is 0 Å². The van der Waals surface area contributed by atoms with Crippen LogP contribution in [0, 0.1) is 12.7 Å². The molecule has 1 amide bonds. The first kappa shape index (κ1) is 16.1. The molecule has 1 fully saturated rings. The molecule has 0 spiro atoms. The van der Waals surface area contributed by atoms with Crippen molar-refractivity contribution in [2.75, 3.05) is 6.54 Å². The summed E-state index contributed by atoms with van der Waals surface area (Å²) in [6, 6.07) is 9.00. The Bertz CT molecular complexity index is 696. The monoisotopic (exact) mass is 332 g/mol. The summed E-state index contributed by atoms with van der Waals surface area (Å²) in [6.45, 7) is 5.06. The van der Waals surface area contributed by atoms with Crippen molar-refractivity contribution in [2.45, 2.75) is 38.8 Å². The van der Waals surface area contributed by atoms with Crippen molar-refractivity contribution in [1.29, 1.82) is 0 Å². The minimum atomic E-state index is -0.249. The molecule has 2 unspecified atom stereocenters. The van der Waals surface area contributed by atoms with Gasteiger partial charge >= 0.3 is 0 Å². The topological polar surface area (TPSA) is 41.1 Å². The van der Waals surface area contributed by atoms with E-state index in [4.69, 9.17) is 0 Å². The van der Waals surface area contributed by atoms with Crippen LogP contribution in [0.1, 0.15) is 35.0 Å². The summed E-state index contributed by atoms with van der Waals surface area (Å²) in [4.78, 5) is 14.2. The summed E-state index contributed by atoms with van der Waals surface area (Å²) in [7, 11) is 0. The van der Waals surface area contributed by atoms with Crippen LogP contribution in [0.25, 0.3) is 10.4 Å². The smallest absolute Gasteiger partial charge is 0.261 e. The highest BCUT2D eigenvalue weighted by atomic mass is 32.1. The lowest BCUT2D eigenvalue weighted by Gasteiger charge is -2.28. The normalized spacial score (nSPS) is 21.2. The molecule has 1 aromatic carbocycles. The second-order valence-electron chi connectivity index (χ2n) is 6.18. The SMILES string of the molecule is Cc1cc(C(=O)NC2CCNC(C)C2)sc1-c1ccc(F)cc1. The Balaban J connectivity index is 1.74. The number of nitrogens with one attached hydrogen (secondary N) is 2. The van der Waals surface area contributed by atoms with E-state index in [0.29, 0.717) is 10.9 Å². The number of thiophene rings is 1. The molecule has 2 heterocycles. The van der Waals surface area contributed by atoms with Crippen LogP contribution in [0.4, 0.5) is 4.39 Å². The van der Waals surface area contributed by atoms with Crippen molar-refractivity contribution in [2.24, 2.45) is 0 Å². The van der Waals surface area contributed by atoms with Gasteiger partial charge in [0.05, 0.1) is 4.88 Å². The fourth-order valence-corrected chi connectivity index (χ4v) is 4.08. The van der Waals surface area contributed by atoms with Crippen molar-refractivity contribution in [3.63, 3.8) is 0 Å². The number of carbonyl (C=O) groups is 1. The molecule has 2 atom stereocenters. The summed E-state index contributed by atoms with van der Waals surface area (Å²) in [5.74, 6) is -0.258. The number of carbonyl (C=O) groups excluding carboxylic acids is 1. The summed E-state index contributed by atoms with van der Waals surface area (Å²) < 4.78 is 13.1. The lowest BCUT2D eigenvalue weighted by molar-refractivity contribution is 0.0930. The first-order valence-corrected chi connectivity index (χ1v) is 8.75. The lowest BCUT2D eigenvalue weighted by atomic mass is 10.0. The van der Waals surface area contributed by atoms with E-state index in [1.54, 1.807) is 12.1 Å². The molecule has 0 saturated carbocycles. The highest BCUT2D eigenvalue weighted by Crippen LogP contribution is 2.32. The second-order valence-corrected chi connectivity index (χ2v) is 7.23. The molecule has 2 aromatic rings. The van der Waals surface area contributed by atoms with Crippen molar-refractivity contribution >= 4 is 17.2 Å². The maximum atomic E-state index is 13.1. The van der Waals surface area contributed by atoms with Crippen LogP contribution in [0.5, 0.6) is 0 Å². The number of halogens is 1. The predicted molar refractivity (Wildman–Crippen MR) is 92.4 cm³/mol. The Morgan fingerprint density at radius 1 is 1.35 bits per heavy atom. The van der Waals surface area contributed by atoms with Crippen LogP contribution in [0.2, 0.25) is 0 Å². The molecule has 5 heteroatoms. The number of amides is 1. The van der Waals surface area contributed by atoms with Gasteiger partial charge in [-0.1, -0.05) is 12.1 Å². The molecule has 0 radical (unpaired) electrons. The molecule has 1 aliphatic heterocycles. The molecule has 122 valence electrons. The van der Waals surface area contributed by atoms with Crippen LogP contribution in [-0.4, -0.2) is 24.5 Å². The number of hydrogen-bond acceptors (Lipinski definition) is 3. The van der Waals surface area contributed by atoms with E-state index in [9.17, 15) is 9.18 Å². The largest absolute Gasteiger partial charge is 0.349 e. The van der Waals surface area contributed by atoms with Gasteiger partial charge in [0.15, 0.2) is 0 Å². The maximum absolute atomic E-state index is 13.1.